The highest BCUT2D eigenvalue weighted by Crippen LogP contribution is 2.21. The van der Waals surface area contributed by atoms with E-state index in [9.17, 15) is 9.59 Å². The molecule has 0 saturated heterocycles. The molecule has 6 heteroatoms. The van der Waals surface area contributed by atoms with Crippen LogP contribution < -0.4 is 15.8 Å². The molecule has 0 spiro atoms. The Labute approximate surface area is 199 Å². The number of amides is 1. The van der Waals surface area contributed by atoms with Crippen LogP contribution in [0, 0.1) is 0 Å². The Morgan fingerprint density at radius 3 is 2.26 bits per heavy atom. The minimum absolute atomic E-state index is 0.150. The minimum atomic E-state index is -0.178. The van der Waals surface area contributed by atoms with Gasteiger partial charge in [-0.3, -0.25) is 9.59 Å². The van der Waals surface area contributed by atoms with Crippen LogP contribution in [0.1, 0.15) is 42.6 Å². The zero-order chi connectivity index (χ0) is 24.1. The van der Waals surface area contributed by atoms with Gasteiger partial charge in [0.25, 0.3) is 11.5 Å². The first-order valence-corrected chi connectivity index (χ1v) is 11.7. The molecule has 3 aromatic carbocycles. The van der Waals surface area contributed by atoms with Crippen LogP contribution in [0.4, 0.5) is 5.95 Å². The third-order valence-corrected chi connectivity index (χ3v) is 6.11. The van der Waals surface area contributed by atoms with Gasteiger partial charge in [0, 0.05) is 25.2 Å². The molecule has 0 fully saturated rings. The maximum absolute atomic E-state index is 13.5. The highest BCUT2D eigenvalue weighted by molar-refractivity contribution is 5.97. The molecular weight excluding hydrogens is 424 g/mol. The number of fused-ring (bicyclic) bond motifs is 1. The van der Waals surface area contributed by atoms with E-state index in [4.69, 9.17) is 4.98 Å². The molecule has 0 saturated carbocycles. The maximum Gasteiger partial charge on any atom is 0.267 e. The molecule has 1 heterocycles. The van der Waals surface area contributed by atoms with Gasteiger partial charge in [-0.1, -0.05) is 55.5 Å². The van der Waals surface area contributed by atoms with Gasteiger partial charge in [0.05, 0.1) is 16.6 Å². The van der Waals surface area contributed by atoms with E-state index >= 15 is 0 Å². The summed E-state index contributed by atoms with van der Waals surface area (Å²) in [5.74, 6) is 0.586. The van der Waals surface area contributed by atoms with Gasteiger partial charge in [-0.2, -0.15) is 0 Å². The summed E-state index contributed by atoms with van der Waals surface area (Å²) in [6.07, 6.45) is 0. The van der Waals surface area contributed by atoms with Gasteiger partial charge in [-0.25, -0.2) is 9.55 Å². The van der Waals surface area contributed by atoms with Crippen LogP contribution in [-0.4, -0.2) is 35.1 Å². The summed E-state index contributed by atoms with van der Waals surface area (Å²) in [6, 6.07) is 24.7. The first-order valence-electron chi connectivity index (χ1n) is 11.7. The Kier molecular flexibility index (Phi) is 7.07. The van der Waals surface area contributed by atoms with Crippen molar-refractivity contribution < 1.29 is 4.79 Å². The van der Waals surface area contributed by atoms with Crippen molar-refractivity contribution in [1.82, 2.24) is 14.9 Å². The number of carbonyl (C=O) groups is 1. The molecule has 0 aliphatic carbocycles. The lowest BCUT2D eigenvalue weighted by Crippen LogP contribution is -2.32. The number of benzene rings is 3. The number of rotatable bonds is 8. The molecule has 1 N–H and O–H groups in total. The fourth-order valence-corrected chi connectivity index (χ4v) is 4.09. The van der Waals surface area contributed by atoms with Crippen molar-refractivity contribution >= 4 is 22.8 Å². The van der Waals surface area contributed by atoms with Gasteiger partial charge in [-0.15, -0.1) is 0 Å². The second-order valence-electron chi connectivity index (χ2n) is 8.31. The third kappa shape index (κ3) is 4.71. The first kappa shape index (κ1) is 23.2. The first-order chi connectivity index (χ1) is 16.5. The number of hydrogen-bond donors (Lipinski definition) is 1. The molecule has 1 amide bonds. The molecule has 174 valence electrons. The minimum Gasteiger partial charge on any atom is -0.351 e. The van der Waals surface area contributed by atoms with Crippen molar-refractivity contribution in [2.45, 2.75) is 26.7 Å². The molecule has 4 aromatic rings. The van der Waals surface area contributed by atoms with Crippen LogP contribution in [0.5, 0.6) is 0 Å². The van der Waals surface area contributed by atoms with Crippen LogP contribution in [0.15, 0.2) is 83.7 Å². The van der Waals surface area contributed by atoms with Gasteiger partial charge in [-0.05, 0) is 55.7 Å². The van der Waals surface area contributed by atoms with Gasteiger partial charge in [0.1, 0.15) is 0 Å². The predicted molar refractivity (Wildman–Crippen MR) is 138 cm³/mol. The normalized spacial score (nSPS) is 11.9. The molecule has 34 heavy (non-hydrogen) atoms. The Morgan fingerprint density at radius 1 is 0.971 bits per heavy atom. The fraction of sp³-hybridized carbons (Fsp3) is 0.250. The second-order valence-corrected chi connectivity index (χ2v) is 8.31. The van der Waals surface area contributed by atoms with E-state index < -0.39 is 0 Å². The molecule has 0 unspecified atom stereocenters. The summed E-state index contributed by atoms with van der Waals surface area (Å²) >= 11 is 0. The molecular formula is C28H30N4O2. The van der Waals surface area contributed by atoms with E-state index in [0.29, 0.717) is 42.0 Å². The van der Waals surface area contributed by atoms with E-state index in [-0.39, 0.29) is 17.4 Å². The van der Waals surface area contributed by atoms with Crippen LogP contribution >= 0.6 is 0 Å². The van der Waals surface area contributed by atoms with Crippen LogP contribution in [0.2, 0.25) is 0 Å². The average Bonchev–Trinajstić information content (AvgIpc) is 2.88. The zero-order valence-corrected chi connectivity index (χ0v) is 19.9. The highest BCUT2D eigenvalue weighted by Gasteiger charge is 2.18. The fourth-order valence-electron chi connectivity index (χ4n) is 4.09. The van der Waals surface area contributed by atoms with Crippen molar-refractivity contribution in [3.8, 4) is 5.69 Å². The molecule has 4 rings (SSSR count). The highest BCUT2D eigenvalue weighted by atomic mass is 16.1. The number of nitrogens with zero attached hydrogens (tertiary/aromatic N) is 3. The zero-order valence-electron chi connectivity index (χ0n) is 19.9. The van der Waals surface area contributed by atoms with Crippen LogP contribution in [0.25, 0.3) is 16.6 Å². The van der Waals surface area contributed by atoms with Gasteiger partial charge in [0.2, 0.25) is 5.95 Å². The number of para-hydroxylation sites is 1. The molecule has 0 bridgehead atoms. The largest absolute Gasteiger partial charge is 0.351 e. The number of carbonyl (C=O) groups excluding carboxylic acids is 1. The SMILES string of the molecule is CCN(CC)c1nc2cc(C(=O)NC[C@@H](C)c3ccccc3)ccc2c(=O)n1-c1ccccc1. The number of nitrogens with one attached hydrogen (secondary N) is 1. The van der Waals surface area contributed by atoms with Gasteiger partial charge >= 0.3 is 0 Å². The molecule has 0 radical (unpaired) electrons. The molecule has 1 aromatic heterocycles. The summed E-state index contributed by atoms with van der Waals surface area (Å²) in [7, 11) is 0. The number of aromatic nitrogens is 2. The predicted octanol–water partition coefficient (Wildman–Crippen LogP) is 4.77. The van der Waals surface area contributed by atoms with E-state index in [0.717, 1.165) is 5.69 Å². The summed E-state index contributed by atoms with van der Waals surface area (Å²) in [4.78, 5) is 33.3. The van der Waals surface area contributed by atoms with E-state index in [2.05, 4.69) is 24.4 Å². The lowest BCUT2D eigenvalue weighted by atomic mass is 10.0. The quantitative estimate of drug-likeness (QED) is 0.417. The standard InChI is InChI=1S/C28H30N4O2/c1-4-31(5-2)28-30-25-18-22(26(33)29-19-20(3)21-12-8-6-9-13-21)16-17-24(25)27(34)32(28)23-14-10-7-11-15-23/h6-18,20H,4-5,19H2,1-3H3,(H,29,33)/t20-/m1/s1. The van der Waals surface area contributed by atoms with E-state index in [1.807, 2.05) is 67.3 Å². The van der Waals surface area contributed by atoms with Crippen molar-refractivity contribution in [1.29, 1.82) is 0 Å². The Hall–Kier alpha value is -3.93. The van der Waals surface area contributed by atoms with Crippen molar-refractivity contribution in [3.05, 3.63) is 100 Å². The number of anilines is 1. The molecule has 0 aliphatic rings. The lowest BCUT2D eigenvalue weighted by molar-refractivity contribution is 0.0951. The van der Waals surface area contributed by atoms with Crippen molar-refractivity contribution in [3.63, 3.8) is 0 Å². The Balaban J connectivity index is 1.69. The van der Waals surface area contributed by atoms with Gasteiger partial charge < -0.3 is 10.2 Å². The number of hydrogen-bond acceptors (Lipinski definition) is 4. The smallest absolute Gasteiger partial charge is 0.267 e. The summed E-state index contributed by atoms with van der Waals surface area (Å²) in [5, 5.41) is 3.49. The van der Waals surface area contributed by atoms with Crippen LogP contribution in [-0.2, 0) is 0 Å². The van der Waals surface area contributed by atoms with Crippen LogP contribution in [0.3, 0.4) is 0 Å². The monoisotopic (exact) mass is 454 g/mol. The molecule has 1 atom stereocenters. The Bertz CT molecular complexity index is 1330. The van der Waals surface area contributed by atoms with Gasteiger partial charge in [0.15, 0.2) is 0 Å². The van der Waals surface area contributed by atoms with E-state index in [1.54, 1.807) is 22.8 Å². The summed E-state index contributed by atoms with van der Waals surface area (Å²) in [5.41, 5.74) is 2.79. The van der Waals surface area contributed by atoms with Crippen molar-refractivity contribution in [2.75, 3.05) is 24.5 Å². The maximum atomic E-state index is 13.5. The Morgan fingerprint density at radius 2 is 1.62 bits per heavy atom. The second kappa shape index (κ2) is 10.3. The summed E-state index contributed by atoms with van der Waals surface area (Å²) in [6.45, 7) is 8.09. The lowest BCUT2D eigenvalue weighted by Gasteiger charge is -2.24. The van der Waals surface area contributed by atoms with Crippen molar-refractivity contribution in [2.24, 2.45) is 0 Å². The summed E-state index contributed by atoms with van der Waals surface area (Å²) < 4.78 is 1.65. The van der Waals surface area contributed by atoms with E-state index in [1.165, 1.54) is 5.56 Å². The molecule has 0 aliphatic heterocycles. The topological polar surface area (TPSA) is 67.2 Å². The average molecular weight is 455 g/mol. The third-order valence-electron chi connectivity index (χ3n) is 6.11. The molecule has 6 nitrogen and oxygen atoms in total.